The molecule has 0 fully saturated rings. The van der Waals surface area contributed by atoms with Gasteiger partial charge in [0.15, 0.2) is 0 Å². The van der Waals surface area contributed by atoms with Gasteiger partial charge in [0.2, 0.25) is 0 Å². The molecule has 0 N–H and O–H groups in total. The molecule has 13 heavy (non-hydrogen) atoms. The van der Waals surface area contributed by atoms with Crippen LogP contribution in [0.4, 0.5) is 0 Å². The summed E-state index contributed by atoms with van der Waals surface area (Å²) in [6.45, 7) is 1.80. The maximum absolute atomic E-state index is 4.19. The van der Waals surface area contributed by atoms with E-state index in [9.17, 15) is 0 Å². The molecule has 2 rings (SSSR count). The molecule has 0 atom stereocenters. The monoisotopic (exact) mass is 288 g/mol. The quantitative estimate of drug-likeness (QED) is 0.800. The third-order valence-electron chi connectivity index (χ3n) is 1.75. The van der Waals surface area contributed by atoms with Gasteiger partial charge >= 0.3 is 0 Å². The molecule has 5 heteroatoms. The number of aryl methyl sites for hydroxylation is 2. The fourth-order valence-electron chi connectivity index (χ4n) is 1.10. The van der Waals surface area contributed by atoms with Gasteiger partial charge < -0.3 is 4.57 Å². The van der Waals surface area contributed by atoms with Gasteiger partial charge in [-0.15, -0.1) is 0 Å². The summed E-state index contributed by atoms with van der Waals surface area (Å²) in [5.41, 5.74) is 0. The minimum Gasteiger partial charge on any atom is -0.336 e. The lowest BCUT2D eigenvalue weighted by atomic mass is 10.6. The summed E-state index contributed by atoms with van der Waals surface area (Å²) in [6, 6.07) is 0. The van der Waals surface area contributed by atoms with Crippen molar-refractivity contribution < 1.29 is 0 Å². The summed E-state index contributed by atoms with van der Waals surface area (Å²) in [5, 5.41) is 4.19. The van der Waals surface area contributed by atoms with Gasteiger partial charge in [-0.3, -0.25) is 4.68 Å². The van der Waals surface area contributed by atoms with Crippen LogP contribution in [-0.4, -0.2) is 19.3 Å². The van der Waals surface area contributed by atoms with E-state index in [0.29, 0.717) is 0 Å². The van der Waals surface area contributed by atoms with Crippen LogP contribution in [0.15, 0.2) is 31.1 Å². The van der Waals surface area contributed by atoms with Crippen molar-refractivity contribution in [3.05, 3.63) is 34.7 Å². The van der Waals surface area contributed by atoms with Crippen molar-refractivity contribution in [2.24, 2.45) is 0 Å². The first-order valence-corrected chi connectivity index (χ1v) is 5.06. The first-order chi connectivity index (χ1) is 6.34. The molecule has 0 amide bonds. The van der Waals surface area contributed by atoms with Gasteiger partial charge in [-0.25, -0.2) is 4.98 Å². The van der Waals surface area contributed by atoms with E-state index < -0.39 is 0 Å². The van der Waals surface area contributed by atoms with Crippen LogP contribution in [0.1, 0.15) is 0 Å². The molecule has 68 valence electrons. The Morgan fingerprint density at radius 1 is 1.38 bits per heavy atom. The van der Waals surface area contributed by atoms with Crippen LogP contribution in [0.2, 0.25) is 0 Å². The van der Waals surface area contributed by atoms with Crippen LogP contribution in [0.25, 0.3) is 0 Å². The molecule has 2 heterocycles. The van der Waals surface area contributed by atoms with E-state index in [-0.39, 0.29) is 0 Å². The number of halogens is 1. The number of imidazole rings is 1. The molecule has 0 bridgehead atoms. The van der Waals surface area contributed by atoms with Crippen LogP contribution in [-0.2, 0) is 13.1 Å². The Bertz CT molecular complexity index is 365. The molecule has 0 unspecified atom stereocenters. The van der Waals surface area contributed by atoms with Crippen LogP contribution >= 0.6 is 22.6 Å². The van der Waals surface area contributed by atoms with Crippen molar-refractivity contribution in [2.45, 2.75) is 13.1 Å². The number of nitrogens with zero attached hydrogens (tertiary/aromatic N) is 4. The van der Waals surface area contributed by atoms with Gasteiger partial charge in [0.1, 0.15) is 0 Å². The predicted octanol–water partition coefficient (Wildman–Crippen LogP) is 1.38. The van der Waals surface area contributed by atoms with E-state index in [1.165, 1.54) is 3.57 Å². The highest BCUT2D eigenvalue weighted by molar-refractivity contribution is 14.1. The second-order valence-electron chi connectivity index (χ2n) is 2.72. The molecule has 0 aliphatic rings. The maximum Gasteiger partial charge on any atom is 0.0946 e. The minimum absolute atomic E-state index is 0.888. The third kappa shape index (κ3) is 2.30. The second kappa shape index (κ2) is 3.91. The van der Waals surface area contributed by atoms with E-state index in [4.69, 9.17) is 0 Å². The standard InChI is InChI=1S/C8H9IN4/c9-8-5-11-13(6-8)4-3-12-2-1-10-7-12/h1-2,5-7H,3-4H2. The Kier molecular flexibility index (Phi) is 2.62. The SMILES string of the molecule is Ic1cnn(CCn2ccnc2)c1. The summed E-state index contributed by atoms with van der Waals surface area (Å²) in [7, 11) is 0. The van der Waals surface area contributed by atoms with Crippen molar-refractivity contribution in [1.29, 1.82) is 0 Å². The molecule has 2 aromatic rings. The average molecular weight is 288 g/mol. The van der Waals surface area contributed by atoms with Crippen LogP contribution in [0, 0.1) is 3.57 Å². The number of rotatable bonds is 3. The predicted molar refractivity (Wildman–Crippen MR) is 57.2 cm³/mol. The molecule has 2 aromatic heterocycles. The van der Waals surface area contributed by atoms with Crippen molar-refractivity contribution >= 4 is 22.6 Å². The van der Waals surface area contributed by atoms with E-state index in [1.807, 2.05) is 34.2 Å². The molecular formula is C8H9IN4. The molecule has 0 saturated carbocycles. The molecule has 0 aromatic carbocycles. The molecule has 0 radical (unpaired) electrons. The zero-order valence-electron chi connectivity index (χ0n) is 6.97. The molecule has 0 aliphatic carbocycles. The van der Waals surface area contributed by atoms with Gasteiger partial charge in [-0.05, 0) is 22.6 Å². The summed E-state index contributed by atoms with van der Waals surface area (Å²) in [6.07, 6.45) is 9.43. The molecule has 4 nitrogen and oxygen atoms in total. The number of hydrogen-bond acceptors (Lipinski definition) is 2. The van der Waals surface area contributed by atoms with Gasteiger partial charge in [-0.1, -0.05) is 0 Å². The zero-order valence-corrected chi connectivity index (χ0v) is 9.13. The summed E-state index contributed by atoms with van der Waals surface area (Å²) in [5.74, 6) is 0. The molecule has 0 spiro atoms. The van der Waals surface area contributed by atoms with Crippen molar-refractivity contribution in [3.63, 3.8) is 0 Å². The maximum atomic E-state index is 4.19. The minimum atomic E-state index is 0.888. The van der Waals surface area contributed by atoms with E-state index in [2.05, 4.69) is 32.7 Å². The van der Waals surface area contributed by atoms with Crippen molar-refractivity contribution in [2.75, 3.05) is 0 Å². The highest BCUT2D eigenvalue weighted by Gasteiger charge is 1.94. The smallest absolute Gasteiger partial charge is 0.0946 e. The Hall–Kier alpha value is -0.850. The Balaban J connectivity index is 1.93. The highest BCUT2D eigenvalue weighted by atomic mass is 127. The Labute approximate surface area is 89.7 Å². The fraction of sp³-hybridized carbons (Fsp3) is 0.250. The lowest BCUT2D eigenvalue weighted by molar-refractivity contribution is 0.533. The average Bonchev–Trinajstić information content (AvgIpc) is 2.71. The van der Waals surface area contributed by atoms with Crippen molar-refractivity contribution in [1.82, 2.24) is 19.3 Å². The summed E-state index contributed by atoms with van der Waals surface area (Å²) >= 11 is 2.25. The number of aromatic nitrogens is 4. The number of hydrogen-bond donors (Lipinski definition) is 0. The van der Waals surface area contributed by atoms with Gasteiger partial charge in [0, 0.05) is 25.1 Å². The van der Waals surface area contributed by atoms with Gasteiger partial charge in [0.05, 0.1) is 22.6 Å². The summed E-state index contributed by atoms with van der Waals surface area (Å²) in [4.78, 5) is 3.97. The van der Waals surface area contributed by atoms with Crippen LogP contribution in [0.3, 0.4) is 0 Å². The lowest BCUT2D eigenvalue weighted by Crippen LogP contribution is -2.05. The first kappa shape index (κ1) is 8.74. The largest absolute Gasteiger partial charge is 0.336 e. The molecule has 0 saturated heterocycles. The van der Waals surface area contributed by atoms with Gasteiger partial charge in [-0.2, -0.15) is 5.10 Å². The second-order valence-corrected chi connectivity index (χ2v) is 3.97. The van der Waals surface area contributed by atoms with Crippen molar-refractivity contribution in [3.8, 4) is 0 Å². The fourth-order valence-corrected chi connectivity index (χ4v) is 1.54. The summed E-state index contributed by atoms with van der Waals surface area (Å²) < 4.78 is 5.14. The Morgan fingerprint density at radius 3 is 2.92 bits per heavy atom. The zero-order chi connectivity index (χ0) is 9.10. The molecule has 0 aliphatic heterocycles. The topological polar surface area (TPSA) is 35.6 Å². The Morgan fingerprint density at radius 2 is 2.31 bits per heavy atom. The highest BCUT2D eigenvalue weighted by Crippen LogP contribution is 2.01. The van der Waals surface area contributed by atoms with E-state index in [0.717, 1.165) is 13.1 Å². The lowest BCUT2D eigenvalue weighted by Gasteiger charge is -2.01. The van der Waals surface area contributed by atoms with Crippen LogP contribution in [0.5, 0.6) is 0 Å². The normalized spacial score (nSPS) is 10.5. The third-order valence-corrected chi connectivity index (χ3v) is 2.31. The van der Waals surface area contributed by atoms with E-state index >= 15 is 0 Å². The molecular weight excluding hydrogens is 279 g/mol. The first-order valence-electron chi connectivity index (χ1n) is 3.98. The van der Waals surface area contributed by atoms with E-state index in [1.54, 1.807) is 6.20 Å². The van der Waals surface area contributed by atoms with Crippen LogP contribution < -0.4 is 0 Å². The van der Waals surface area contributed by atoms with Gasteiger partial charge in [0.25, 0.3) is 0 Å².